The lowest BCUT2D eigenvalue weighted by molar-refractivity contribution is 0.196. The SMILES string of the molecule is COCCCN=C(NN)N(C)CC(C)(C)C. The lowest BCUT2D eigenvalue weighted by Crippen LogP contribution is -2.45. The van der Waals surface area contributed by atoms with Crippen molar-refractivity contribution in [3.8, 4) is 0 Å². The Balaban J connectivity index is 4.14. The van der Waals surface area contributed by atoms with Crippen molar-refractivity contribution < 1.29 is 4.74 Å². The molecule has 0 spiro atoms. The summed E-state index contributed by atoms with van der Waals surface area (Å²) in [5, 5.41) is 0. The van der Waals surface area contributed by atoms with Gasteiger partial charge in [-0.25, -0.2) is 5.84 Å². The minimum atomic E-state index is 0.221. The maximum Gasteiger partial charge on any atom is 0.208 e. The molecule has 0 aliphatic carbocycles. The molecule has 0 unspecified atom stereocenters. The van der Waals surface area contributed by atoms with Gasteiger partial charge in [0.1, 0.15) is 0 Å². The summed E-state index contributed by atoms with van der Waals surface area (Å²) in [4.78, 5) is 6.42. The highest BCUT2D eigenvalue weighted by Gasteiger charge is 2.15. The molecule has 0 saturated heterocycles. The maximum atomic E-state index is 5.45. The smallest absolute Gasteiger partial charge is 0.208 e. The first-order chi connectivity index (χ1) is 7.40. The molecule has 0 radical (unpaired) electrons. The Morgan fingerprint density at radius 3 is 2.50 bits per heavy atom. The molecule has 3 N–H and O–H groups in total. The summed E-state index contributed by atoms with van der Waals surface area (Å²) < 4.78 is 4.96. The highest BCUT2D eigenvalue weighted by molar-refractivity contribution is 5.79. The van der Waals surface area contributed by atoms with E-state index in [-0.39, 0.29) is 5.41 Å². The van der Waals surface area contributed by atoms with E-state index in [1.807, 2.05) is 11.9 Å². The van der Waals surface area contributed by atoms with Crippen molar-refractivity contribution in [3.63, 3.8) is 0 Å². The van der Waals surface area contributed by atoms with Gasteiger partial charge in [-0.3, -0.25) is 10.4 Å². The fourth-order valence-corrected chi connectivity index (χ4v) is 1.46. The zero-order valence-corrected chi connectivity index (χ0v) is 11.2. The van der Waals surface area contributed by atoms with Crippen molar-refractivity contribution in [3.05, 3.63) is 0 Å². The molecule has 16 heavy (non-hydrogen) atoms. The second kappa shape index (κ2) is 7.46. The molecular formula is C11H26N4O. The van der Waals surface area contributed by atoms with E-state index in [1.165, 1.54) is 0 Å². The van der Waals surface area contributed by atoms with Gasteiger partial charge >= 0.3 is 0 Å². The van der Waals surface area contributed by atoms with Gasteiger partial charge < -0.3 is 9.64 Å². The van der Waals surface area contributed by atoms with E-state index >= 15 is 0 Å². The number of hydrogen-bond donors (Lipinski definition) is 2. The molecule has 0 aliphatic rings. The number of hydrazine groups is 1. The third-order valence-electron chi connectivity index (χ3n) is 1.97. The molecule has 0 aromatic carbocycles. The van der Waals surface area contributed by atoms with Crippen LogP contribution in [0.25, 0.3) is 0 Å². The van der Waals surface area contributed by atoms with E-state index < -0.39 is 0 Å². The number of ether oxygens (including phenoxy) is 1. The predicted molar refractivity (Wildman–Crippen MR) is 68.2 cm³/mol. The highest BCUT2D eigenvalue weighted by atomic mass is 16.5. The van der Waals surface area contributed by atoms with Gasteiger partial charge in [0.15, 0.2) is 0 Å². The Morgan fingerprint density at radius 2 is 2.06 bits per heavy atom. The lowest BCUT2D eigenvalue weighted by atomic mass is 9.96. The molecule has 96 valence electrons. The van der Waals surface area contributed by atoms with Crippen LogP contribution in [0.3, 0.4) is 0 Å². The molecule has 0 fully saturated rings. The minimum Gasteiger partial charge on any atom is -0.385 e. The number of rotatable bonds is 5. The Bertz CT molecular complexity index is 211. The topological polar surface area (TPSA) is 62.9 Å². The number of nitrogens with one attached hydrogen (secondary N) is 1. The largest absolute Gasteiger partial charge is 0.385 e. The van der Waals surface area contributed by atoms with Crippen LogP contribution in [0.4, 0.5) is 0 Å². The van der Waals surface area contributed by atoms with Gasteiger partial charge in [-0.15, -0.1) is 0 Å². The van der Waals surface area contributed by atoms with Gasteiger partial charge in [0.05, 0.1) is 0 Å². The monoisotopic (exact) mass is 230 g/mol. The highest BCUT2D eigenvalue weighted by Crippen LogP contribution is 2.13. The Morgan fingerprint density at radius 1 is 1.44 bits per heavy atom. The maximum absolute atomic E-state index is 5.45. The first kappa shape index (κ1) is 15.2. The van der Waals surface area contributed by atoms with Crippen molar-refractivity contribution >= 4 is 5.96 Å². The molecular weight excluding hydrogens is 204 g/mol. The molecule has 5 heteroatoms. The summed E-state index contributed by atoms with van der Waals surface area (Å²) in [6, 6.07) is 0. The molecule has 0 bridgehead atoms. The minimum absolute atomic E-state index is 0.221. The summed E-state index contributed by atoms with van der Waals surface area (Å²) in [7, 11) is 3.68. The second-order valence-corrected chi connectivity index (χ2v) is 5.11. The average molecular weight is 230 g/mol. The van der Waals surface area contributed by atoms with Crippen LogP contribution >= 0.6 is 0 Å². The summed E-state index contributed by atoms with van der Waals surface area (Å²) >= 11 is 0. The Labute approximate surface area is 99.0 Å². The van der Waals surface area contributed by atoms with Crippen LogP contribution in [0.1, 0.15) is 27.2 Å². The number of nitrogens with two attached hydrogens (primary N) is 1. The number of hydrogen-bond acceptors (Lipinski definition) is 3. The van der Waals surface area contributed by atoms with E-state index in [9.17, 15) is 0 Å². The number of methoxy groups -OCH3 is 1. The van der Waals surface area contributed by atoms with Crippen molar-refractivity contribution in [1.82, 2.24) is 10.3 Å². The molecule has 0 aromatic rings. The van der Waals surface area contributed by atoms with Crippen LogP contribution < -0.4 is 11.3 Å². The van der Waals surface area contributed by atoms with Gasteiger partial charge in [0.2, 0.25) is 5.96 Å². The quantitative estimate of drug-likeness (QED) is 0.241. The van der Waals surface area contributed by atoms with Gasteiger partial charge in [-0.1, -0.05) is 20.8 Å². The number of aliphatic imine (C=N–C) groups is 1. The summed E-state index contributed by atoms with van der Waals surface area (Å²) in [6.45, 7) is 8.90. The Kier molecular flexibility index (Phi) is 7.08. The van der Waals surface area contributed by atoms with Crippen molar-refractivity contribution in [1.29, 1.82) is 0 Å². The van der Waals surface area contributed by atoms with Crippen molar-refractivity contribution in [2.75, 3.05) is 33.9 Å². The molecule has 5 nitrogen and oxygen atoms in total. The average Bonchev–Trinajstić information content (AvgIpc) is 2.15. The molecule has 0 aliphatic heterocycles. The molecule has 0 aromatic heterocycles. The van der Waals surface area contributed by atoms with Crippen LogP contribution in [-0.2, 0) is 4.74 Å². The first-order valence-electron chi connectivity index (χ1n) is 5.62. The number of nitrogens with zero attached hydrogens (tertiary/aromatic N) is 2. The third-order valence-corrected chi connectivity index (χ3v) is 1.97. The van der Waals surface area contributed by atoms with Gasteiger partial charge in [-0.05, 0) is 11.8 Å². The zero-order valence-electron chi connectivity index (χ0n) is 11.2. The van der Waals surface area contributed by atoms with Crippen LogP contribution in [0.5, 0.6) is 0 Å². The van der Waals surface area contributed by atoms with Crippen LogP contribution in [0.2, 0.25) is 0 Å². The van der Waals surface area contributed by atoms with Gasteiger partial charge in [0, 0.05) is 33.9 Å². The van der Waals surface area contributed by atoms with Crippen molar-refractivity contribution in [2.45, 2.75) is 27.2 Å². The fraction of sp³-hybridized carbons (Fsp3) is 0.909. The van der Waals surface area contributed by atoms with Crippen molar-refractivity contribution in [2.24, 2.45) is 16.3 Å². The van der Waals surface area contributed by atoms with E-state index in [0.29, 0.717) is 0 Å². The van der Waals surface area contributed by atoms with E-state index in [0.717, 1.165) is 32.1 Å². The summed E-state index contributed by atoms with van der Waals surface area (Å²) in [6.07, 6.45) is 0.908. The summed E-state index contributed by atoms with van der Waals surface area (Å²) in [5.41, 5.74) is 2.86. The normalized spacial score (nSPS) is 12.8. The molecule has 0 atom stereocenters. The first-order valence-corrected chi connectivity index (χ1v) is 5.62. The lowest BCUT2D eigenvalue weighted by Gasteiger charge is -2.28. The summed E-state index contributed by atoms with van der Waals surface area (Å²) in [5.74, 6) is 6.18. The van der Waals surface area contributed by atoms with Crippen LogP contribution in [-0.4, -0.2) is 44.7 Å². The molecule has 0 saturated carbocycles. The van der Waals surface area contributed by atoms with Gasteiger partial charge in [0.25, 0.3) is 0 Å². The van der Waals surface area contributed by atoms with E-state index in [4.69, 9.17) is 10.6 Å². The van der Waals surface area contributed by atoms with Crippen LogP contribution in [0.15, 0.2) is 4.99 Å². The number of guanidine groups is 1. The molecule has 0 rings (SSSR count). The standard InChI is InChI=1S/C11H26N4O/c1-11(2,3)9-15(4)10(14-12)13-7-6-8-16-5/h6-9,12H2,1-5H3,(H,13,14). The molecule has 0 amide bonds. The predicted octanol–water partition coefficient (Wildman–Crippen LogP) is 0.820. The zero-order chi connectivity index (χ0) is 12.6. The van der Waals surface area contributed by atoms with Gasteiger partial charge in [-0.2, -0.15) is 0 Å². The van der Waals surface area contributed by atoms with E-state index in [2.05, 4.69) is 31.2 Å². The Hall–Kier alpha value is -0.810. The third kappa shape index (κ3) is 7.48. The fourth-order valence-electron chi connectivity index (χ4n) is 1.46. The van der Waals surface area contributed by atoms with E-state index in [1.54, 1.807) is 7.11 Å². The second-order valence-electron chi connectivity index (χ2n) is 5.11. The molecule has 0 heterocycles. The van der Waals surface area contributed by atoms with Crippen LogP contribution in [0, 0.1) is 5.41 Å².